The summed E-state index contributed by atoms with van der Waals surface area (Å²) in [5.74, 6) is 0.141. The molecule has 0 aliphatic rings. The lowest BCUT2D eigenvalue weighted by atomic mass is 10.1. The van der Waals surface area contributed by atoms with Crippen LogP contribution in [0.1, 0.15) is 30.8 Å². The van der Waals surface area contributed by atoms with Gasteiger partial charge in [-0.15, -0.1) is 5.10 Å². The maximum atomic E-state index is 11.9. The molecule has 0 amide bonds. The molecule has 1 aromatic heterocycles. The second-order valence-corrected chi connectivity index (χ2v) is 5.15. The van der Waals surface area contributed by atoms with Crippen molar-refractivity contribution < 1.29 is 14.3 Å². The third-order valence-corrected chi connectivity index (χ3v) is 3.17. The molecule has 7 heteroatoms. The van der Waals surface area contributed by atoms with E-state index in [0.29, 0.717) is 23.6 Å². The number of nitrogens with zero attached hydrogens (tertiary/aromatic N) is 2. The Kier molecular flexibility index (Phi) is 5.32. The molecule has 0 spiro atoms. The van der Waals surface area contributed by atoms with Gasteiger partial charge < -0.3 is 9.47 Å². The van der Waals surface area contributed by atoms with Crippen molar-refractivity contribution in [1.29, 1.82) is 0 Å². The summed E-state index contributed by atoms with van der Waals surface area (Å²) in [6, 6.07) is 5.54. The molecule has 21 heavy (non-hydrogen) atoms. The van der Waals surface area contributed by atoms with Gasteiger partial charge in [0.15, 0.2) is 5.69 Å². The molecule has 0 aliphatic carbocycles. The topological polar surface area (TPSA) is 77.1 Å². The molecular weight excluding hydrogens is 338 g/mol. The van der Waals surface area contributed by atoms with Crippen molar-refractivity contribution in [3.05, 3.63) is 28.4 Å². The number of halogens is 1. The molecule has 0 radical (unpaired) electrons. The quantitative estimate of drug-likeness (QED) is 0.806. The normalized spacial score (nSPS) is 10.4. The Bertz CT molecular complexity index is 628. The molecule has 1 N–H and O–H groups in total. The van der Waals surface area contributed by atoms with E-state index in [1.165, 1.54) is 0 Å². The van der Waals surface area contributed by atoms with Gasteiger partial charge in [-0.2, -0.15) is 10.3 Å². The standard InChI is InChI=1S/C14H16BrN3O3/c1-3-7-21-11-6-5-9(15)8-10(11)12-13(17-18-16-12)14(19)20-4-2/h5-6,8H,3-4,7H2,1-2H3,(H,16,17,18). The molecule has 112 valence electrons. The number of carbonyl (C=O) groups is 1. The lowest BCUT2D eigenvalue weighted by Crippen LogP contribution is -2.07. The van der Waals surface area contributed by atoms with Crippen LogP contribution in [0.25, 0.3) is 11.3 Å². The number of benzene rings is 1. The van der Waals surface area contributed by atoms with E-state index in [9.17, 15) is 4.79 Å². The number of hydrogen-bond donors (Lipinski definition) is 1. The molecule has 1 heterocycles. The molecule has 0 atom stereocenters. The molecular formula is C14H16BrN3O3. The zero-order chi connectivity index (χ0) is 15.2. The minimum atomic E-state index is -0.511. The first-order valence-electron chi connectivity index (χ1n) is 6.68. The first kappa shape index (κ1) is 15.5. The average molecular weight is 354 g/mol. The van der Waals surface area contributed by atoms with Gasteiger partial charge in [0.2, 0.25) is 0 Å². The van der Waals surface area contributed by atoms with Crippen LogP contribution in [0.4, 0.5) is 0 Å². The highest BCUT2D eigenvalue weighted by molar-refractivity contribution is 9.10. The molecule has 0 aliphatic heterocycles. The van der Waals surface area contributed by atoms with Gasteiger partial charge in [-0.25, -0.2) is 4.79 Å². The van der Waals surface area contributed by atoms with Crippen LogP contribution in [0, 0.1) is 0 Å². The van der Waals surface area contributed by atoms with Crippen LogP contribution < -0.4 is 4.74 Å². The van der Waals surface area contributed by atoms with Crippen LogP contribution in [0.2, 0.25) is 0 Å². The summed E-state index contributed by atoms with van der Waals surface area (Å²) in [5, 5.41) is 10.4. The highest BCUT2D eigenvalue weighted by Crippen LogP contribution is 2.33. The first-order chi connectivity index (χ1) is 10.2. The molecule has 0 saturated heterocycles. The Hall–Kier alpha value is -1.89. The maximum absolute atomic E-state index is 11.9. The number of aromatic nitrogens is 3. The third-order valence-electron chi connectivity index (χ3n) is 2.68. The number of nitrogens with one attached hydrogen (secondary N) is 1. The molecule has 2 rings (SSSR count). The molecule has 0 unspecified atom stereocenters. The van der Waals surface area contributed by atoms with E-state index >= 15 is 0 Å². The fraction of sp³-hybridized carbons (Fsp3) is 0.357. The lowest BCUT2D eigenvalue weighted by Gasteiger charge is -2.10. The SMILES string of the molecule is CCCOc1ccc(Br)cc1-c1n[nH]nc1C(=O)OCC. The highest BCUT2D eigenvalue weighted by atomic mass is 79.9. The van der Waals surface area contributed by atoms with Crippen molar-refractivity contribution >= 4 is 21.9 Å². The number of aromatic amines is 1. The Labute approximate surface area is 131 Å². The zero-order valence-corrected chi connectivity index (χ0v) is 13.4. The van der Waals surface area contributed by atoms with Crippen LogP contribution in [0.15, 0.2) is 22.7 Å². The van der Waals surface area contributed by atoms with Gasteiger partial charge in [0.25, 0.3) is 0 Å². The van der Waals surface area contributed by atoms with Crippen molar-refractivity contribution in [2.75, 3.05) is 13.2 Å². The van der Waals surface area contributed by atoms with Gasteiger partial charge in [-0.05, 0) is 31.5 Å². The summed E-state index contributed by atoms with van der Waals surface area (Å²) in [5.41, 5.74) is 1.26. The maximum Gasteiger partial charge on any atom is 0.361 e. The average Bonchev–Trinajstić information content (AvgIpc) is 2.95. The van der Waals surface area contributed by atoms with E-state index < -0.39 is 5.97 Å². The Morgan fingerprint density at radius 1 is 1.33 bits per heavy atom. The Morgan fingerprint density at radius 3 is 2.86 bits per heavy atom. The van der Waals surface area contributed by atoms with Crippen molar-refractivity contribution in [1.82, 2.24) is 15.4 Å². The van der Waals surface area contributed by atoms with Gasteiger partial charge >= 0.3 is 5.97 Å². The van der Waals surface area contributed by atoms with E-state index in [-0.39, 0.29) is 12.3 Å². The Balaban J connectivity index is 2.43. The smallest absolute Gasteiger partial charge is 0.361 e. The predicted octanol–water partition coefficient (Wildman–Crippen LogP) is 3.20. The monoisotopic (exact) mass is 353 g/mol. The van der Waals surface area contributed by atoms with E-state index in [4.69, 9.17) is 9.47 Å². The van der Waals surface area contributed by atoms with Gasteiger partial charge in [-0.1, -0.05) is 22.9 Å². The second-order valence-electron chi connectivity index (χ2n) is 4.23. The summed E-state index contributed by atoms with van der Waals surface area (Å²) in [7, 11) is 0. The molecule has 0 fully saturated rings. The zero-order valence-electron chi connectivity index (χ0n) is 11.9. The van der Waals surface area contributed by atoms with Crippen LogP contribution in [-0.2, 0) is 4.74 Å². The van der Waals surface area contributed by atoms with Crippen molar-refractivity contribution in [3.63, 3.8) is 0 Å². The van der Waals surface area contributed by atoms with E-state index in [1.54, 1.807) is 6.92 Å². The number of hydrogen-bond acceptors (Lipinski definition) is 5. The van der Waals surface area contributed by atoms with Gasteiger partial charge in [0, 0.05) is 10.0 Å². The van der Waals surface area contributed by atoms with Gasteiger partial charge in [0.1, 0.15) is 11.4 Å². The fourth-order valence-electron chi connectivity index (χ4n) is 1.79. The van der Waals surface area contributed by atoms with E-state index in [1.807, 2.05) is 25.1 Å². The summed E-state index contributed by atoms with van der Waals surface area (Å²) in [4.78, 5) is 11.9. The number of H-pyrrole nitrogens is 1. The van der Waals surface area contributed by atoms with Crippen molar-refractivity contribution in [2.24, 2.45) is 0 Å². The van der Waals surface area contributed by atoms with Crippen LogP contribution in [-0.4, -0.2) is 34.6 Å². The third kappa shape index (κ3) is 3.60. The van der Waals surface area contributed by atoms with E-state index in [0.717, 1.165) is 10.9 Å². The minimum Gasteiger partial charge on any atom is -0.493 e. The summed E-state index contributed by atoms with van der Waals surface area (Å²) in [6.45, 7) is 4.63. The molecule has 2 aromatic rings. The second kappa shape index (κ2) is 7.21. The van der Waals surface area contributed by atoms with Crippen molar-refractivity contribution in [2.45, 2.75) is 20.3 Å². The molecule has 0 saturated carbocycles. The summed E-state index contributed by atoms with van der Waals surface area (Å²) < 4.78 is 11.6. The lowest BCUT2D eigenvalue weighted by molar-refractivity contribution is 0.0520. The van der Waals surface area contributed by atoms with Crippen molar-refractivity contribution in [3.8, 4) is 17.0 Å². The highest BCUT2D eigenvalue weighted by Gasteiger charge is 2.22. The predicted molar refractivity (Wildman–Crippen MR) is 81.3 cm³/mol. The fourth-order valence-corrected chi connectivity index (χ4v) is 2.15. The van der Waals surface area contributed by atoms with Crippen LogP contribution >= 0.6 is 15.9 Å². The summed E-state index contributed by atoms with van der Waals surface area (Å²) in [6.07, 6.45) is 0.888. The van der Waals surface area contributed by atoms with Crippen LogP contribution in [0.3, 0.4) is 0 Å². The van der Waals surface area contributed by atoms with Gasteiger partial charge in [-0.3, -0.25) is 0 Å². The number of carbonyl (C=O) groups excluding carboxylic acids is 1. The largest absolute Gasteiger partial charge is 0.493 e. The summed E-state index contributed by atoms with van der Waals surface area (Å²) >= 11 is 3.41. The number of ether oxygens (including phenoxy) is 2. The van der Waals surface area contributed by atoms with Gasteiger partial charge in [0.05, 0.1) is 13.2 Å². The molecule has 0 bridgehead atoms. The Morgan fingerprint density at radius 2 is 2.14 bits per heavy atom. The molecule has 6 nitrogen and oxygen atoms in total. The van der Waals surface area contributed by atoms with Crippen LogP contribution in [0.5, 0.6) is 5.75 Å². The number of rotatable bonds is 6. The van der Waals surface area contributed by atoms with E-state index in [2.05, 4.69) is 31.3 Å². The minimum absolute atomic E-state index is 0.149. The number of esters is 1. The molecule has 1 aromatic carbocycles. The first-order valence-corrected chi connectivity index (χ1v) is 7.47.